The van der Waals surface area contributed by atoms with Crippen LogP contribution in [0, 0.1) is 0 Å². The van der Waals surface area contributed by atoms with E-state index in [0.717, 1.165) is 77.0 Å². The number of ether oxygens (including phenoxy) is 3. The average Bonchev–Trinajstić information content (AvgIpc) is 3.48. The van der Waals surface area contributed by atoms with Crippen molar-refractivity contribution in [1.82, 2.24) is 0 Å². The van der Waals surface area contributed by atoms with E-state index in [1.54, 1.807) is 0 Å². The maximum Gasteiger partial charge on any atom is 0.306 e. The summed E-state index contributed by atoms with van der Waals surface area (Å²) in [6.45, 7) is 6.68. The Bertz CT molecular complexity index is 1410. The van der Waals surface area contributed by atoms with Crippen LogP contribution in [-0.4, -0.2) is 37.2 Å². The van der Waals surface area contributed by atoms with Crippen LogP contribution in [0.2, 0.25) is 0 Å². The molecule has 0 aliphatic heterocycles. The quantitative estimate of drug-likeness (QED) is 0.0261. The Morgan fingerprint density at radius 2 is 0.439 bits per heavy atom. The summed E-state index contributed by atoms with van der Waals surface area (Å²) in [5, 5.41) is 0. The van der Waals surface area contributed by atoms with Crippen molar-refractivity contribution >= 4 is 17.9 Å². The van der Waals surface area contributed by atoms with Crippen LogP contribution < -0.4 is 0 Å². The maximum atomic E-state index is 13.0. The fraction of sp³-hybridized carbons (Fsp3) is 0.855. The lowest BCUT2D eigenvalue weighted by molar-refractivity contribution is -0.167. The first kappa shape index (κ1) is 79.4. The van der Waals surface area contributed by atoms with Gasteiger partial charge in [-0.25, -0.2) is 0 Å². The van der Waals surface area contributed by atoms with Crippen LogP contribution in [0.4, 0.5) is 0 Å². The van der Waals surface area contributed by atoms with Crippen molar-refractivity contribution in [2.75, 3.05) is 13.2 Å². The van der Waals surface area contributed by atoms with Gasteiger partial charge in [0, 0.05) is 19.3 Å². The van der Waals surface area contributed by atoms with Crippen molar-refractivity contribution < 1.29 is 28.6 Å². The van der Waals surface area contributed by atoms with Gasteiger partial charge >= 0.3 is 17.9 Å². The van der Waals surface area contributed by atoms with Crippen LogP contribution >= 0.6 is 0 Å². The minimum atomic E-state index is -0.780. The van der Waals surface area contributed by atoms with Gasteiger partial charge in [-0.05, 0) is 103 Å². The maximum absolute atomic E-state index is 13.0. The molecule has 0 fully saturated rings. The highest BCUT2D eigenvalue weighted by molar-refractivity contribution is 5.71. The first-order valence-electron chi connectivity index (χ1n) is 36.6. The molecule has 480 valence electrons. The highest BCUT2D eigenvalue weighted by atomic mass is 16.6. The van der Waals surface area contributed by atoms with E-state index >= 15 is 0 Å². The van der Waals surface area contributed by atoms with E-state index in [-0.39, 0.29) is 31.1 Å². The van der Waals surface area contributed by atoms with E-state index in [1.807, 2.05) is 0 Å². The third-order valence-electron chi connectivity index (χ3n) is 16.5. The molecule has 0 aromatic heterocycles. The van der Waals surface area contributed by atoms with Crippen LogP contribution in [-0.2, 0) is 28.6 Å². The second-order valence-corrected chi connectivity index (χ2v) is 24.8. The van der Waals surface area contributed by atoms with Crippen molar-refractivity contribution in [3.8, 4) is 0 Å². The Morgan fingerprint density at radius 3 is 0.695 bits per heavy atom. The van der Waals surface area contributed by atoms with Gasteiger partial charge in [0.25, 0.3) is 0 Å². The average molecular weight is 1150 g/mol. The van der Waals surface area contributed by atoms with Crippen molar-refractivity contribution in [1.29, 1.82) is 0 Å². The van der Waals surface area contributed by atoms with E-state index in [1.165, 1.54) is 283 Å². The fourth-order valence-corrected chi connectivity index (χ4v) is 11.0. The summed E-state index contributed by atoms with van der Waals surface area (Å²) in [4.78, 5) is 38.5. The van der Waals surface area contributed by atoms with E-state index in [4.69, 9.17) is 14.2 Å². The van der Waals surface area contributed by atoms with Gasteiger partial charge in [0.2, 0.25) is 0 Å². The number of rotatable bonds is 68. The Labute approximate surface area is 511 Å². The van der Waals surface area contributed by atoms with Gasteiger partial charge in [0.1, 0.15) is 13.2 Å². The number of carbonyl (C=O) groups is 3. The summed E-state index contributed by atoms with van der Waals surface area (Å²) in [7, 11) is 0. The molecular weight excluding hydrogens is 1010 g/mol. The minimum Gasteiger partial charge on any atom is -0.462 e. The second-order valence-electron chi connectivity index (χ2n) is 24.8. The number of esters is 3. The van der Waals surface area contributed by atoms with Gasteiger partial charge in [-0.1, -0.05) is 326 Å². The fourth-order valence-electron chi connectivity index (χ4n) is 11.0. The van der Waals surface area contributed by atoms with Crippen LogP contribution in [0.5, 0.6) is 0 Å². The topological polar surface area (TPSA) is 78.9 Å². The van der Waals surface area contributed by atoms with E-state index in [0.29, 0.717) is 19.3 Å². The third-order valence-corrected chi connectivity index (χ3v) is 16.5. The van der Waals surface area contributed by atoms with E-state index in [2.05, 4.69) is 69.4 Å². The lowest BCUT2D eigenvalue weighted by atomic mass is 10.0. The van der Waals surface area contributed by atoms with Crippen molar-refractivity contribution in [2.24, 2.45) is 0 Å². The zero-order valence-electron chi connectivity index (χ0n) is 55.3. The predicted molar refractivity (Wildman–Crippen MR) is 358 cm³/mol. The molecule has 6 heteroatoms. The predicted octanol–water partition coefficient (Wildman–Crippen LogP) is 25.3. The molecule has 0 aliphatic carbocycles. The Kier molecular flexibility index (Phi) is 68.6. The van der Waals surface area contributed by atoms with Crippen molar-refractivity contribution in [2.45, 2.75) is 406 Å². The molecule has 0 aliphatic rings. The molecule has 6 nitrogen and oxygen atoms in total. The van der Waals surface area contributed by atoms with Gasteiger partial charge in [0.15, 0.2) is 6.10 Å². The van der Waals surface area contributed by atoms with Gasteiger partial charge in [-0.3, -0.25) is 14.4 Å². The zero-order valence-corrected chi connectivity index (χ0v) is 55.3. The SMILES string of the molecule is CCCCCC/C=C\C/C=C\CCCCCCCC(=O)OCC(COC(=O)CCCCCCCCCCCCCCC/C=C\CCCCCCCCCC)OC(=O)CCCCCCCCCCCCC/C=C\CCCCCCCCCC. The Morgan fingerprint density at radius 1 is 0.244 bits per heavy atom. The molecule has 0 spiro atoms. The first-order chi connectivity index (χ1) is 40.5. The molecule has 1 atom stereocenters. The summed E-state index contributed by atoms with van der Waals surface area (Å²) in [5.41, 5.74) is 0. The van der Waals surface area contributed by atoms with Crippen LogP contribution in [0.1, 0.15) is 400 Å². The van der Waals surface area contributed by atoms with E-state index in [9.17, 15) is 14.4 Å². The molecule has 1 unspecified atom stereocenters. The van der Waals surface area contributed by atoms with Crippen LogP contribution in [0.15, 0.2) is 48.6 Å². The molecule has 0 heterocycles. The summed E-state index contributed by atoms with van der Waals surface area (Å²) in [6.07, 6.45) is 90.0. The second kappa shape index (κ2) is 70.9. The molecule has 0 radical (unpaired) electrons. The molecule has 0 aromatic carbocycles. The van der Waals surface area contributed by atoms with Crippen molar-refractivity contribution in [3.63, 3.8) is 0 Å². The van der Waals surface area contributed by atoms with Crippen LogP contribution in [0.3, 0.4) is 0 Å². The Balaban J connectivity index is 4.30. The monoisotopic (exact) mass is 1150 g/mol. The molecule has 0 N–H and O–H groups in total. The largest absolute Gasteiger partial charge is 0.462 e. The van der Waals surface area contributed by atoms with Gasteiger partial charge in [0.05, 0.1) is 0 Å². The van der Waals surface area contributed by atoms with E-state index < -0.39 is 6.10 Å². The number of allylic oxidation sites excluding steroid dienone is 8. The molecule has 0 saturated carbocycles. The summed E-state index contributed by atoms with van der Waals surface area (Å²) in [5.74, 6) is -0.863. The standard InChI is InChI=1S/C76H140O6/c1-4-7-10-13-16-19-22-25-28-31-33-35-37-38-40-41-43-45-48-51-54-57-60-63-66-69-75(78)81-72-73(71-80-74(77)68-65-62-59-56-53-50-47-30-27-24-21-18-15-12-9-6-3)82-76(79)70-67-64-61-58-55-52-49-46-44-42-39-36-34-32-29-26-23-20-17-14-11-8-5-2/h21,24,30-34,47,73H,4-20,22-23,25-29,35-46,48-72H2,1-3H3/b24-21-,33-31-,34-32-,47-30-. The number of unbranched alkanes of at least 4 members (excludes halogenated alkanes) is 49. The van der Waals surface area contributed by atoms with Crippen LogP contribution in [0.25, 0.3) is 0 Å². The van der Waals surface area contributed by atoms with Crippen molar-refractivity contribution in [3.05, 3.63) is 48.6 Å². The molecule has 0 bridgehead atoms. The summed E-state index contributed by atoms with van der Waals surface area (Å²) < 4.78 is 17.0. The molecule has 0 amide bonds. The third kappa shape index (κ3) is 68.2. The molecule has 82 heavy (non-hydrogen) atoms. The first-order valence-corrected chi connectivity index (χ1v) is 36.6. The number of carbonyl (C=O) groups excluding carboxylic acids is 3. The molecule has 0 rings (SSSR count). The Hall–Kier alpha value is -2.63. The number of hydrogen-bond donors (Lipinski definition) is 0. The molecule has 0 aromatic rings. The number of hydrogen-bond acceptors (Lipinski definition) is 6. The van der Waals surface area contributed by atoms with Gasteiger partial charge < -0.3 is 14.2 Å². The minimum absolute atomic E-state index is 0.0745. The highest BCUT2D eigenvalue weighted by Gasteiger charge is 2.19. The summed E-state index contributed by atoms with van der Waals surface area (Å²) >= 11 is 0. The normalized spacial score (nSPS) is 12.3. The lowest BCUT2D eigenvalue weighted by Gasteiger charge is -2.18. The molecular formula is C76H140O6. The van der Waals surface area contributed by atoms with Gasteiger partial charge in [-0.15, -0.1) is 0 Å². The molecule has 0 saturated heterocycles. The summed E-state index contributed by atoms with van der Waals surface area (Å²) in [6, 6.07) is 0. The lowest BCUT2D eigenvalue weighted by Crippen LogP contribution is -2.30. The smallest absolute Gasteiger partial charge is 0.306 e. The van der Waals surface area contributed by atoms with Gasteiger partial charge in [-0.2, -0.15) is 0 Å². The zero-order chi connectivity index (χ0) is 59.2. The highest BCUT2D eigenvalue weighted by Crippen LogP contribution is 2.18.